The average molecular weight is 589 g/mol. The molecule has 1 fully saturated rings. The van der Waals surface area contributed by atoms with E-state index in [2.05, 4.69) is 5.32 Å². The second-order valence-electron chi connectivity index (χ2n) is 10.0. The highest BCUT2D eigenvalue weighted by atomic mass is 35.5. The molecule has 0 bridgehead atoms. The summed E-state index contributed by atoms with van der Waals surface area (Å²) >= 11 is 5.66. The monoisotopic (exact) mass is 588 g/mol. The number of amides is 2. The molecule has 0 aliphatic carbocycles. The molecule has 3 aromatic rings. The van der Waals surface area contributed by atoms with Crippen LogP contribution in [0.25, 0.3) is 11.3 Å². The third-order valence-corrected chi connectivity index (χ3v) is 9.41. The van der Waals surface area contributed by atoms with E-state index in [9.17, 15) is 22.4 Å². The molecule has 1 aromatic heterocycles. The summed E-state index contributed by atoms with van der Waals surface area (Å²) < 4.78 is 43.6. The standard InChI is InChI=1S/C29H34ClFN4O4S/c1-20(33(3)29(37)22-11-13-34(14-12-22)28(36)17-30)23-7-6-8-24(16-23)40(38,39)35-19-21(18-32-2)15-27(35)25-9-4-5-10-26(25)31/h4-10,15-16,19-20,22,32H,11-14,17-18H2,1-3H3. The van der Waals surface area contributed by atoms with E-state index >= 15 is 0 Å². The molecule has 2 heterocycles. The van der Waals surface area contributed by atoms with Crippen LogP contribution in [-0.4, -0.2) is 67.1 Å². The molecular formula is C29H34ClFN4O4S. The van der Waals surface area contributed by atoms with E-state index in [0.717, 1.165) is 3.97 Å². The van der Waals surface area contributed by atoms with Crippen LogP contribution < -0.4 is 5.32 Å². The van der Waals surface area contributed by atoms with Gasteiger partial charge in [0.2, 0.25) is 11.8 Å². The normalized spacial score (nSPS) is 15.2. The molecule has 0 radical (unpaired) electrons. The summed E-state index contributed by atoms with van der Waals surface area (Å²) in [5.41, 5.74) is 1.76. The second-order valence-corrected chi connectivity index (χ2v) is 12.1. The first-order valence-electron chi connectivity index (χ1n) is 13.1. The molecule has 1 aliphatic rings. The minimum Gasteiger partial charge on any atom is -0.342 e. The van der Waals surface area contributed by atoms with E-state index in [4.69, 9.17) is 11.6 Å². The van der Waals surface area contributed by atoms with Gasteiger partial charge in [0.25, 0.3) is 10.0 Å². The van der Waals surface area contributed by atoms with Crippen molar-refractivity contribution < 1.29 is 22.4 Å². The number of hydrogen-bond acceptors (Lipinski definition) is 5. The van der Waals surface area contributed by atoms with E-state index < -0.39 is 21.9 Å². The van der Waals surface area contributed by atoms with Crippen molar-refractivity contribution in [2.75, 3.05) is 33.1 Å². The molecule has 0 saturated carbocycles. The van der Waals surface area contributed by atoms with Crippen molar-refractivity contribution in [1.29, 1.82) is 0 Å². The molecule has 0 spiro atoms. The highest BCUT2D eigenvalue weighted by molar-refractivity contribution is 7.90. The van der Waals surface area contributed by atoms with Crippen molar-refractivity contribution >= 4 is 33.4 Å². The molecule has 214 valence electrons. The van der Waals surface area contributed by atoms with Crippen LogP contribution in [0.3, 0.4) is 0 Å². The van der Waals surface area contributed by atoms with Gasteiger partial charge in [-0.2, -0.15) is 0 Å². The average Bonchev–Trinajstić information content (AvgIpc) is 3.40. The predicted octanol–water partition coefficient (Wildman–Crippen LogP) is 4.25. The van der Waals surface area contributed by atoms with Crippen molar-refractivity contribution in [3.8, 4) is 11.3 Å². The Morgan fingerprint density at radius 1 is 1.12 bits per heavy atom. The molecule has 4 rings (SSSR count). The highest BCUT2D eigenvalue weighted by Crippen LogP contribution is 2.31. The van der Waals surface area contributed by atoms with E-state index in [-0.39, 0.29) is 39.8 Å². The maximum atomic E-state index is 14.7. The Balaban J connectivity index is 1.60. The Morgan fingerprint density at radius 2 is 1.82 bits per heavy atom. The van der Waals surface area contributed by atoms with Crippen molar-refractivity contribution in [1.82, 2.24) is 19.1 Å². The number of benzene rings is 2. The molecule has 11 heteroatoms. The number of alkyl halides is 1. The van der Waals surface area contributed by atoms with Gasteiger partial charge in [-0.3, -0.25) is 9.59 Å². The molecule has 2 aromatic carbocycles. The van der Waals surface area contributed by atoms with Gasteiger partial charge in [-0.05, 0) is 68.3 Å². The van der Waals surface area contributed by atoms with Crippen LogP contribution >= 0.6 is 11.6 Å². The summed E-state index contributed by atoms with van der Waals surface area (Å²) in [4.78, 5) is 28.5. The molecule has 1 atom stereocenters. The van der Waals surface area contributed by atoms with Gasteiger partial charge in [0.1, 0.15) is 11.7 Å². The van der Waals surface area contributed by atoms with Gasteiger partial charge < -0.3 is 15.1 Å². The smallest absolute Gasteiger partial charge is 0.268 e. The van der Waals surface area contributed by atoms with Crippen LogP contribution in [0.1, 0.15) is 36.9 Å². The fourth-order valence-electron chi connectivity index (χ4n) is 5.07. The summed E-state index contributed by atoms with van der Waals surface area (Å²) in [6.07, 6.45) is 2.60. The lowest BCUT2D eigenvalue weighted by atomic mass is 9.94. The zero-order chi connectivity index (χ0) is 29.0. The number of rotatable bonds is 9. The quantitative estimate of drug-likeness (QED) is 0.378. The Bertz CT molecular complexity index is 1480. The lowest BCUT2D eigenvalue weighted by Gasteiger charge is -2.35. The molecule has 1 N–H and O–H groups in total. The van der Waals surface area contributed by atoms with Crippen molar-refractivity contribution in [3.63, 3.8) is 0 Å². The molecule has 1 unspecified atom stereocenters. The predicted molar refractivity (Wildman–Crippen MR) is 153 cm³/mol. The minimum absolute atomic E-state index is 0.0368. The van der Waals surface area contributed by atoms with Gasteiger partial charge in [0.05, 0.1) is 16.6 Å². The molecule has 2 amide bonds. The summed E-state index contributed by atoms with van der Waals surface area (Å²) in [7, 11) is -0.646. The Morgan fingerprint density at radius 3 is 2.48 bits per heavy atom. The summed E-state index contributed by atoms with van der Waals surface area (Å²) in [5, 5.41) is 3.00. The first-order valence-corrected chi connectivity index (χ1v) is 15.1. The lowest BCUT2D eigenvalue weighted by Crippen LogP contribution is -2.44. The van der Waals surface area contributed by atoms with E-state index in [1.54, 1.807) is 66.4 Å². The van der Waals surface area contributed by atoms with Crippen molar-refractivity contribution in [2.45, 2.75) is 37.2 Å². The first-order chi connectivity index (χ1) is 19.1. The maximum Gasteiger partial charge on any atom is 0.268 e. The Hall–Kier alpha value is -3.21. The van der Waals surface area contributed by atoms with Crippen LogP contribution in [-0.2, 0) is 26.2 Å². The third-order valence-electron chi connectivity index (χ3n) is 7.51. The number of halogens is 2. The van der Waals surface area contributed by atoms with Gasteiger partial charge in [-0.15, -0.1) is 11.6 Å². The summed E-state index contributed by atoms with van der Waals surface area (Å²) in [6.45, 7) is 3.22. The molecular weight excluding hydrogens is 555 g/mol. The topological polar surface area (TPSA) is 91.7 Å². The fourth-order valence-corrected chi connectivity index (χ4v) is 6.69. The molecule has 1 saturated heterocycles. The van der Waals surface area contributed by atoms with Gasteiger partial charge in [0.15, 0.2) is 0 Å². The Labute approximate surface area is 239 Å². The van der Waals surface area contributed by atoms with Gasteiger partial charge in [-0.1, -0.05) is 24.3 Å². The van der Waals surface area contributed by atoms with Crippen LogP contribution in [0.5, 0.6) is 0 Å². The van der Waals surface area contributed by atoms with Crippen LogP contribution in [0.4, 0.5) is 4.39 Å². The maximum absolute atomic E-state index is 14.7. The van der Waals surface area contributed by atoms with E-state index in [0.29, 0.717) is 43.6 Å². The molecule has 40 heavy (non-hydrogen) atoms. The second kappa shape index (κ2) is 12.5. The number of nitrogens with one attached hydrogen (secondary N) is 1. The largest absolute Gasteiger partial charge is 0.342 e. The van der Waals surface area contributed by atoms with Crippen molar-refractivity contribution in [2.24, 2.45) is 5.92 Å². The van der Waals surface area contributed by atoms with Crippen molar-refractivity contribution in [3.05, 3.63) is 77.7 Å². The fraction of sp³-hybridized carbons (Fsp3) is 0.379. The van der Waals surface area contributed by atoms with Crippen LogP contribution in [0, 0.1) is 11.7 Å². The minimum atomic E-state index is -4.10. The van der Waals surface area contributed by atoms with Crippen LogP contribution in [0.2, 0.25) is 0 Å². The van der Waals surface area contributed by atoms with E-state index in [1.165, 1.54) is 18.3 Å². The van der Waals surface area contributed by atoms with E-state index in [1.807, 2.05) is 6.92 Å². The number of aromatic nitrogens is 1. The first kappa shape index (κ1) is 29.8. The number of likely N-dealkylation sites (tertiary alicyclic amines) is 1. The summed E-state index contributed by atoms with van der Waals surface area (Å²) in [5.74, 6) is -1.01. The number of hydrogen-bond donors (Lipinski definition) is 1. The molecule has 1 aliphatic heterocycles. The Kier molecular flexibility index (Phi) is 9.33. The SMILES string of the molecule is CNCc1cc(-c2ccccc2F)n(S(=O)(=O)c2cccc(C(C)N(C)C(=O)C3CCN(C(=O)CCl)CC3)c2)c1. The van der Waals surface area contributed by atoms with Gasteiger partial charge in [-0.25, -0.2) is 16.8 Å². The van der Waals surface area contributed by atoms with Gasteiger partial charge >= 0.3 is 0 Å². The lowest BCUT2D eigenvalue weighted by molar-refractivity contribution is -0.140. The number of carbonyl (C=O) groups is 2. The zero-order valence-electron chi connectivity index (χ0n) is 22.8. The summed E-state index contributed by atoms with van der Waals surface area (Å²) in [6, 6.07) is 13.8. The highest BCUT2D eigenvalue weighted by Gasteiger charge is 2.31. The number of piperidine rings is 1. The third kappa shape index (κ3) is 6.09. The molecule has 8 nitrogen and oxygen atoms in total. The number of carbonyl (C=O) groups excluding carboxylic acids is 2. The zero-order valence-corrected chi connectivity index (χ0v) is 24.4. The van der Waals surface area contributed by atoms with Crippen LogP contribution in [0.15, 0.2) is 65.7 Å². The van der Waals surface area contributed by atoms with Gasteiger partial charge in [0, 0.05) is 44.4 Å². The number of nitrogens with zero attached hydrogens (tertiary/aromatic N) is 3.